The summed E-state index contributed by atoms with van der Waals surface area (Å²) in [5.41, 5.74) is 4.10. The number of furan rings is 1. The Labute approximate surface area is 183 Å². The van der Waals surface area contributed by atoms with E-state index in [2.05, 4.69) is 20.2 Å². The number of aryl methyl sites for hydroxylation is 1. The molecule has 0 bridgehead atoms. The molecule has 2 amide bonds. The van der Waals surface area contributed by atoms with Gasteiger partial charge >= 0.3 is 0 Å². The standard InChI is InChI=1S/C23H22N4O3S/c1-14-11-19(15(2)27(14)17-7-5-4-6-8-17)22(29)26-23-25-20(13-31-23)21-10-9-18(30-21)12-24-16(3)28/h4-11,13H,12H2,1-3H3,(H,24,28)(H,25,26,29). The van der Waals surface area contributed by atoms with Gasteiger partial charge in [0.15, 0.2) is 10.9 Å². The van der Waals surface area contributed by atoms with Crippen LogP contribution in [0.2, 0.25) is 0 Å². The van der Waals surface area contributed by atoms with E-state index >= 15 is 0 Å². The molecular formula is C23H22N4O3S. The van der Waals surface area contributed by atoms with Crippen LogP contribution in [0.1, 0.15) is 34.4 Å². The number of hydrogen-bond donors (Lipinski definition) is 2. The largest absolute Gasteiger partial charge is 0.458 e. The number of amides is 2. The smallest absolute Gasteiger partial charge is 0.259 e. The first-order valence-corrected chi connectivity index (χ1v) is 10.6. The van der Waals surface area contributed by atoms with Gasteiger partial charge in [0.25, 0.3) is 5.91 Å². The monoisotopic (exact) mass is 434 g/mol. The predicted octanol–water partition coefficient (Wildman–Crippen LogP) is 4.70. The third-order valence-corrected chi connectivity index (χ3v) is 5.60. The molecule has 7 nitrogen and oxygen atoms in total. The van der Waals surface area contributed by atoms with Crippen molar-refractivity contribution in [3.63, 3.8) is 0 Å². The topological polar surface area (TPSA) is 89.2 Å². The van der Waals surface area contributed by atoms with Crippen LogP contribution in [0.4, 0.5) is 5.13 Å². The van der Waals surface area contributed by atoms with Gasteiger partial charge in [-0.1, -0.05) is 18.2 Å². The van der Waals surface area contributed by atoms with Crippen LogP contribution in [0.3, 0.4) is 0 Å². The van der Waals surface area contributed by atoms with Crippen molar-refractivity contribution in [3.8, 4) is 17.1 Å². The Kier molecular flexibility index (Phi) is 5.73. The van der Waals surface area contributed by atoms with Gasteiger partial charge < -0.3 is 14.3 Å². The maximum atomic E-state index is 12.9. The van der Waals surface area contributed by atoms with E-state index < -0.39 is 0 Å². The van der Waals surface area contributed by atoms with Crippen LogP contribution in [0.5, 0.6) is 0 Å². The normalized spacial score (nSPS) is 10.8. The molecule has 0 saturated heterocycles. The average Bonchev–Trinajstić information content (AvgIpc) is 3.46. The molecule has 31 heavy (non-hydrogen) atoms. The number of nitrogens with zero attached hydrogens (tertiary/aromatic N) is 2. The first kappa shape index (κ1) is 20.6. The molecule has 0 fully saturated rings. The number of carbonyl (C=O) groups excluding carboxylic acids is 2. The first-order chi connectivity index (χ1) is 14.9. The van der Waals surface area contributed by atoms with Gasteiger partial charge in [0.05, 0.1) is 12.1 Å². The van der Waals surface area contributed by atoms with Crippen LogP contribution < -0.4 is 10.6 Å². The van der Waals surface area contributed by atoms with Gasteiger partial charge in [-0.3, -0.25) is 14.9 Å². The molecule has 2 N–H and O–H groups in total. The molecule has 0 atom stereocenters. The highest BCUT2D eigenvalue weighted by atomic mass is 32.1. The van der Waals surface area contributed by atoms with Gasteiger partial charge in [0.2, 0.25) is 5.91 Å². The molecule has 0 radical (unpaired) electrons. The Balaban J connectivity index is 1.49. The molecule has 3 heterocycles. The molecule has 1 aromatic carbocycles. The van der Waals surface area contributed by atoms with E-state index in [0.717, 1.165) is 17.1 Å². The van der Waals surface area contributed by atoms with E-state index in [9.17, 15) is 9.59 Å². The molecule has 0 aliphatic carbocycles. The van der Waals surface area contributed by atoms with Crippen molar-refractivity contribution in [3.05, 3.63) is 76.6 Å². The van der Waals surface area contributed by atoms with Crippen molar-refractivity contribution in [2.75, 3.05) is 5.32 Å². The summed E-state index contributed by atoms with van der Waals surface area (Å²) in [6, 6.07) is 15.4. The predicted molar refractivity (Wildman–Crippen MR) is 121 cm³/mol. The highest BCUT2D eigenvalue weighted by molar-refractivity contribution is 7.14. The van der Waals surface area contributed by atoms with Crippen molar-refractivity contribution in [1.82, 2.24) is 14.9 Å². The summed E-state index contributed by atoms with van der Waals surface area (Å²) >= 11 is 1.33. The first-order valence-electron chi connectivity index (χ1n) is 9.77. The van der Waals surface area contributed by atoms with Crippen LogP contribution in [-0.4, -0.2) is 21.4 Å². The zero-order chi connectivity index (χ0) is 22.0. The third-order valence-electron chi connectivity index (χ3n) is 4.84. The molecule has 4 rings (SSSR count). The van der Waals surface area contributed by atoms with Gasteiger partial charge in [-0.25, -0.2) is 4.98 Å². The van der Waals surface area contributed by atoms with Crippen molar-refractivity contribution in [2.45, 2.75) is 27.3 Å². The van der Waals surface area contributed by atoms with Gasteiger partial charge in [0.1, 0.15) is 11.5 Å². The van der Waals surface area contributed by atoms with E-state index in [1.807, 2.05) is 55.6 Å². The van der Waals surface area contributed by atoms with Crippen molar-refractivity contribution in [2.24, 2.45) is 0 Å². The second-order valence-electron chi connectivity index (χ2n) is 7.12. The number of nitrogens with one attached hydrogen (secondary N) is 2. The zero-order valence-electron chi connectivity index (χ0n) is 17.4. The lowest BCUT2D eigenvalue weighted by molar-refractivity contribution is -0.119. The third kappa shape index (κ3) is 4.44. The molecule has 0 unspecified atom stereocenters. The Hall–Kier alpha value is -3.65. The van der Waals surface area contributed by atoms with E-state index in [4.69, 9.17) is 4.42 Å². The lowest BCUT2D eigenvalue weighted by Crippen LogP contribution is -2.18. The number of aromatic nitrogens is 2. The molecule has 0 aliphatic rings. The fourth-order valence-electron chi connectivity index (χ4n) is 3.40. The quantitative estimate of drug-likeness (QED) is 0.460. The fraction of sp³-hybridized carbons (Fsp3) is 0.174. The van der Waals surface area contributed by atoms with Gasteiger partial charge in [0, 0.05) is 29.4 Å². The van der Waals surface area contributed by atoms with Crippen molar-refractivity contribution < 1.29 is 14.0 Å². The molecule has 4 aromatic rings. The Morgan fingerprint density at radius 3 is 2.65 bits per heavy atom. The minimum absolute atomic E-state index is 0.122. The summed E-state index contributed by atoms with van der Waals surface area (Å²) in [5.74, 6) is 0.890. The highest BCUT2D eigenvalue weighted by Crippen LogP contribution is 2.28. The maximum absolute atomic E-state index is 12.9. The summed E-state index contributed by atoms with van der Waals surface area (Å²) in [7, 11) is 0. The number of hydrogen-bond acceptors (Lipinski definition) is 5. The van der Waals surface area contributed by atoms with E-state index in [-0.39, 0.29) is 11.8 Å². The van der Waals surface area contributed by atoms with Crippen LogP contribution in [0.15, 0.2) is 58.3 Å². The lowest BCUT2D eigenvalue weighted by atomic mass is 10.2. The molecular weight excluding hydrogens is 412 g/mol. The Morgan fingerprint density at radius 1 is 1.13 bits per heavy atom. The van der Waals surface area contributed by atoms with Crippen molar-refractivity contribution >= 4 is 28.3 Å². The van der Waals surface area contributed by atoms with E-state index in [1.54, 1.807) is 12.1 Å². The summed E-state index contributed by atoms with van der Waals surface area (Å²) in [6.07, 6.45) is 0. The average molecular weight is 435 g/mol. The molecule has 3 aromatic heterocycles. The van der Waals surface area contributed by atoms with Gasteiger partial charge in [-0.05, 0) is 44.2 Å². The summed E-state index contributed by atoms with van der Waals surface area (Å²) < 4.78 is 7.78. The zero-order valence-corrected chi connectivity index (χ0v) is 18.2. The second-order valence-corrected chi connectivity index (χ2v) is 7.98. The fourth-order valence-corrected chi connectivity index (χ4v) is 4.09. The van der Waals surface area contributed by atoms with Gasteiger partial charge in [-0.15, -0.1) is 11.3 Å². The number of rotatable bonds is 6. The van der Waals surface area contributed by atoms with Gasteiger partial charge in [-0.2, -0.15) is 0 Å². The Morgan fingerprint density at radius 2 is 1.90 bits per heavy atom. The van der Waals surface area contributed by atoms with Crippen molar-refractivity contribution in [1.29, 1.82) is 0 Å². The number of carbonyl (C=O) groups is 2. The molecule has 158 valence electrons. The summed E-state index contributed by atoms with van der Waals surface area (Å²) in [5, 5.41) is 7.89. The maximum Gasteiger partial charge on any atom is 0.259 e. The highest BCUT2D eigenvalue weighted by Gasteiger charge is 2.18. The Bertz CT molecular complexity index is 1240. The number of anilines is 1. The summed E-state index contributed by atoms with van der Waals surface area (Å²) in [6.45, 7) is 5.69. The number of benzene rings is 1. The number of para-hydroxylation sites is 1. The van der Waals surface area contributed by atoms with Crippen LogP contribution in [-0.2, 0) is 11.3 Å². The second kappa shape index (κ2) is 8.61. The SMILES string of the molecule is CC(=O)NCc1ccc(-c2csc(NC(=O)c3cc(C)n(-c4ccccc4)c3C)n2)o1. The molecule has 0 saturated carbocycles. The number of thiazole rings is 1. The summed E-state index contributed by atoms with van der Waals surface area (Å²) in [4.78, 5) is 28.4. The van der Waals surface area contributed by atoms with E-state index in [0.29, 0.717) is 34.5 Å². The molecule has 0 aliphatic heterocycles. The minimum atomic E-state index is -0.207. The van der Waals surface area contributed by atoms with E-state index in [1.165, 1.54) is 18.3 Å². The minimum Gasteiger partial charge on any atom is -0.458 e. The van der Waals surface area contributed by atoms with Crippen LogP contribution >= 0.6 is 11.3 Å². The van der Waals surface area contributed by atoms with Crippen LogP contribution in [0, 0.1) is 13.8 Å². The lowest BCUT2D eigenvalue weighted by Gasteiger charge is -2.09. The molecule has 8 heteroatoms. The molecule has 0 spiro atoms. The van der Waals surface area contributed by atoms with Crippen LogP contribution in [0.25, 0.3) is 17.1 Å².